The summed E-state index contributed by atoms with van der Waals surface area (Å²) in [7, 11) is -2.80. The molecule has 3 N–H and O–H groups in total. The molecule has 31 heavy (non-hydrogen) atoms. The molecule has 9 heteroatoms. The van der Waals surface area contributed by atoms with Crippen molar-refractivity contribution < 1.29 is 18.1 Å². The van der Waals surface area contributed by atoms with Crippen molar-refractivity contribution in [1.82, 2.24) is 9.97 Å². The smallest absolute Gasteiger partial charge is 0.156 e. The number of aliphatic hydroxyl groups is 1. The first-order chi connectivity index (χ1) is 14.6. The second kappa shape index (κ2) is 7.96. The van der Waals surface area contributed by atoms with Crippen LogP contribution in [0.3, 0.4) is 0 Å². The van der Waals surface area contributed by atoms with E-state index in [2.05, 4.69) is 20.6 Å². The first-order valence-corrected chi connectivity index (χ1v) is 11.6. The van der Waals surface area contributed by atoms with Gasteiger partial charge < -0.3 is 14.8 Å². The molecule has 2 heterocycles. The molecule has 0 bridgehead atoms. The number of nitrogens with zero attached hydrogens (tertiary/aromatic N) is 1. The molecule has 0 aliphatic heterocycles. The van der Waals surface area contributed by atoms with Gasteiger partial charge in [0, 0.05) is 49.9 Å². The van der Waals surface area contributed by atoms with Crippen LogP contribution in [0.1, 0.15) is 17.2 Å². The van der Waals surface area contributed by atoms with E-state index in [-0.39, 0.29) is 11.3 Å². The van der Waals surface area contributed by atoms with Crippen LogP contribution in [0.25, 0.3) is 22.2 Å². The number of benzene rings is 2. The lowest BCUT2D eigenvalue weighted by atomic mass is 9.98. The minimum Gasteiger partial charge on any atom is -0.383 e. The van der Waals surface area contributed by atoms with E-state index in [1.807, 2.05) is 12.1 Å². The predicted molar refractivity (Wildman–Crippen MR) is 122 cm³/mol. The van der Waals surface area contributed by atoms with Crippen LogP contribution >= 0.6 is 11.6 Å². The summed E-state index contributed by atoms with van der Waals surface area (Å²) in [5, 5.41) is 12.0. The number of rotatable bonds is 5. The molecular formula is C22H18ClF2N3O2S. The Balaban J connectivity index is 1.81. The van der Waals surface area contributed by atoms with Crippen LogP contribution in [0.2, 0.25) is 5.02 Å². The third kappa shape index (κ3) is 4.27. The van der Waals surface area contributed by atoms with Gasteiger partial charge in [0.2, 0.25) is 0 Å². The van der Waals surface area contributed by atoms with E-state index < -0.39 is 33.0 Å². The largest absolute Gasteiger partial charge is 0.383 e. The van der Waals surface area contributed by atoms with Crippen molar-refractivity contribution in [3.63, 3.8) is 0 Å². The number of hydrogen-bond donors (Lipinski definition) is 3. The third-order valence-electron chi connectivity index (χ3n) is 4.76. The zero-order valence-electron chi connectivity index (χ0n) is 16.3. The Labute approximate surface area is 182 Å². The summed E-state index contributed by atoms with van der Waals surface area (Å²) in [5.41, 5.74) is 1.52. The van der Waals surface area contributed by atoms with Gasteiger partial charge in [0.1, 0.15) is 17.6 Å². The monoisotopic (exact) mass is 461 g/mol. The van der Waals surface area contributed by atoms with Gasteiger partial charge in [0.05, 0.1) is 11.3 Å². The van der Waals surface area contributed by atoms with Crippen LogP contribution in [0.4, 0.5) is 14.5 Å². The second-order valence-electron chi connectivity index (χ2n) is 7.20. The van der Waals surface area contributed by atoms with E-state index in [1.54, 1.807) is 24.4 Å². The topological polar surface area (TPSA) is 78.0 Å². The van der Waals surface area contributed by atoms with Crippen LogP contribution in [0.15, 0.2) is 54.9 Å². The maximum absolute atomic E-state index is 15.0. The van der Waals surface area contributed by atoms with E-state index in [1.165, 1.54) is 12.5 Å². The van der Waals surface area contributed by atoms with Gasteiger partial charge in [0.15, 0.2) is 5.82 Å². The molecule has 2 aromatic carbocycles. The van der Waals surface area contributed by atoms with Crippen LogP contribution in [-0.4, -0.2) is 31.4 Å². The van der Waals surface area contributed by atoms with E-state index in [9.17, 15) is 13.7 Å². The van der Waals surface area contributed by atoms with Gasteiger partial charge in [0.25, 0.3) is 0 Å². The number of halogens is 3. The lowest BCUT2D eigenvalue weighted by molar-refractivity contribution is 0.211. The standard InChI is InChI=1S/C22H18ClF2N3O2S/c1-31(2,30)28-18-8-7-17(24)19(20(18)25)21(29)16-11-27-22-15(16)9-13(10-26-22)12-3-5-14(23)6-4-12/h3-11,21,29H,1H2,2H3,(H,26,27)(H,28,30). The van der Waals surface area contributed by atoms with Crippen molar-refractivity contribution >= 4 is 43.9 Å². The molecule has 2 unspecified atom stereocenters. The first-order valence-electron chi connectivity index (χ1n) is 9.13. The van der Waals surface area contributed by atoms with Gasteiger partial charge in [-0.3, -0.25) is 0 Å². The molecule has 0 radical (unpaired) electrons. The van der Waals surface area contributed by atoms with Crippen molar-refractivity contribution in [2.24, 2.45) is 0 Å². The molecule has 2 aromatic heterocycles. The molecule has 2 atom stereocenters. The number of anilines is 1. The summed E-state index contributed by atoms with van der Waals surface area (Å²) in [6.45, 7) is 0. The second-order valence-corrected chi connectivity index (χ2v) is 9.85. The van der Waals surface area contributed by atoms with Crippen LogP contribution < -0.4 is 4.72 Å². The Morgan fingerprint density at radius 3 is 2.58 bits per heavy atom. The quantitative estimate of drug-likeness (QED) is 0.369. The Kier molecular flexibility index (Phi) is 5.47. The van der Waals surface area contributed by atoms with Crippen LogP contribution in [0, 0.1) is 11.6 Å². The van der Waals surface area contributed by atoms with Gasteiger partial charge in [-0.25, -0.2) is 18.0 Å². The summed E-state index contributed by atoms with van der Waals surface area (Å²) < 4.78 is 43.9. The van der Waals surface area contributed by atoms with Gasteiger partial charge in [-0.1, -0.05) is 23.7 Å². The average Bonchev–Trinajstić information content (AvgIpc) is 3.13. The predicted octanol–water partition coefficient (Wildman–Crippen LogP) is 4.92. The third-order valence-corrected chi connectivity index (χ3v) is 5.66. The maximum atomic E-state index is 15.0. The molecule has 0 fully saturated rings. The zero-order valence-corrected chi connectivity index (χ0v) is 17.9. The summed E-state index contributed by atoms with van der Waals surface area (Å²) in [6, 6.07) is 11.0. The highest BCUT2D eigenvalue weighted by Gasteiger charge is 2.25. The maximum Gasteiger partial charge on any atom is 0.156 e. The lowest BCUT2D eigenvalue weighted by Gasteiger charge is -2.16. The van der Waals surface area contributed by atoms with Crippen LogP contribution in [0.5, 0.6) is 0 Å². The summed E-state index contributed by atoms with van der Waals surface area (Å²) in [6.07, 6.45) is 2.76. The number of pyridine rings is 1. The van der Waals surface area contributed by atoms with Gasteiger partial charge in [-0.05, 0) is 41.8 Å². The highest BCUT2D eigenvalue weighted by Crippen LogP contribution is 2.35. The molecule has 0 aliphatic carbocycles. The van der Waals surface area contributed by atoms with Gasteiger partial charge in [-0.15, -0.1) is 0 Å². The fourth-order valence-corrected chi connectivity index (χ4v) is 4.09. The number of aliphatic hydroxyl groups excluding tert-OH is 1. The number of fused-ring (bicyclic) bond motifs is 1. The van der Waals surface area contributed by atoms with Gasteiger partial charge in [-0.2, -0.15) is 0 Å². The summed E-state index contributed by atoms with van der Waals surface area (Å²) in [4.78, 5) is 7.25. The molecule has 160 valence electrons. The number of H-pyrrole nitrogens is 1. The molecule has 0 aliphatic rings. The molecule has 5 nitrogen and oxygen atoms in total. The number of aromatic nitrogens is 2. The molecule has 0 spiro atoms. The SMILES string of the molecule is C=S(C)(=O)Nc1ccc(F)c(C(O)c2c[nH]c3ncc(-c4ccc(Cl)cc4)cc23)c1F. The van der Waals surface area contributed by atoms with Crippen molar-refractivity contribution in [1.29, 1.82) is 0 Å². The Morgan fingerprint density at radius 2 is 1.90 bits per heavy atom. The fourth-order valence-electron chi connectivity index (χ4n) is 3.34. The lowest BCUT2D eigenvalue weighted by Crippen LogP contribution is -2.14. The van der Waals surface area contributed by atoms with Gasteiger partial charge >= 0.3 is 0 Å². The van der Waals surface area contributed by atoms with E-state index in [0.717, 1.165) is 23.3 Å². The highest BCUT2D eigenvalue weighted by molar-refractivity contribution is 8.00. The summed E-state index contributed by atoms with van der Waals surface area (Å²) in [5.74, 6) is 1.44. The van der Waals surface area contributed by atoms with E-state index in [0.29, 0.717) is 16.1 Å². The fraction of sp³-hybridized carbons (Fsp3) is 0.0909. The number of aromatic amines is 1. The molecule has 4 aromatic rings. The Bertz CT molecular complexity index is 1390. The minimum atomic E-state index is -2.80. The van der Waals surface area contributed by atoms with Crippen molar-refractivity contribution in [3.05, 3.63) is 82.6 Å². The molecule has 0 amide bonds. The Hall–Kier alpha value is -2.94. The molecule has 4 rings (SSSR count). The normalized spacial score (nSPS) is 14.4. The molecule has 0 saturated carbocycles. The minimum absolute atomic E-state index is 0.210. The first kappa shape index (κ1) is 21.3. The van der Waals surface area contributed by atoms with Crippen molar-refractivity contribution in [2.75, 3.05) is 11.0 Å². The van der Waals surface area contributed by atoms with E-state index >= 15 is 4.39 Å². The molecular weight excluding hydrogens is 444 g/mol. The molecule has 0 saturated heterocycles. The summed E-state index contributed by atoms with van der Waals surface area (Å²) >= 11 is 5.94. The highest BCUT2D eigenvalue weighted by atomic mass is 35.5. The zero-order chi connectivity index (χ0) is 22.3. The number of nitrogens with one attached hydrogen (secondary N) is 2. The van der Waals surface area contributed by atoms with E-state index in [4.69, 9.17) is 11.6 Å². The van der Waals surface area contributed by atoms with Crippen molar-refractivity contribution in [3.8, 4) is 11.1 Å². The average molecular weight is 462 g/mol. The van der Waals surface area contributed by atoms with Crippen LogP contribution in [-0.2, 0) is 9.71 Å². The Morgan fingerprint density at radius 1 is 1.19 bits per heavy atom. The number of hydrogen-bond acceptors (Lipinski definition) is 3. The van der Waals surface area contributed by atoms with Crippen molar-refractivity contribution in [2.45, 2.75) is 6.10 Å².